The highest BCUT2D eigenvalue weighted by molar-refractivity contribution is 9.10. The number of benzene rings is 1. The average molecular weight is 574 g/mol. The Kier molecular flexibility index (Phi) is 7.91. The van der Waals surface area contributed by atoms with Crippen LogP contribution in [0.1, 0.15) is 40.5 Å². The maximum atomic E-state index is 13.5. The number of anilines is 2. The zero-order chi connectivity index (χ0) is 26.7. The van der Waals surface area contributed by atoms with Crippen molar-refractivity contribution in [3.63, 3.8) is 0 Å². The molecular weight excluding hydrogens is 546 g/mol. The van der Waals surface area contributed by atoms with Crippen LogP contribution < -0.4 is 16.0 Å². The number of halogens is 1. The molecule has 1 unspecified atom stereocenters. The molecule has 2 aliphatic rings. The summed E-state index contributed by atoms with van der Waals surface area (Å²) in [6.45, 7) is 2.78. The van der Waals surface area contributed by atoms with Crippen molar-refractivity contribution in [2.45, 2.75) is 31.8 Å². The van der Waals surface area contributed by atoms with E-state index in [-0.39, 0.29) is 53.9 Å². The fraction of sp³-hybridized carbons (Fsp3) is 0.417. The zero-order valence-electron chi connectivity index (χ0n) is 20.5. The first-order valence-electron chi connectivity index (χ1n) is 11.9. The molecule has 3 N–H and O–H groups in total. The highest BCUT2D eigenvalue weighted by Gasteiger charge is 2.33. The first-order valence-corrected chi connectivity index (χ1v) is 12.7. The van der Waals surface area contributed by atoms with E-state index in [9.17, 15) is 24.5 Å². The summed E-state index contributed by atoms with van der Waals surface area (Å²) in [4.78, 5) is 57.3. The molecule has 12 nitrogen and oxygen atoms in total. The van der Waals surface area contributed by atoms with Gasteiger partial charge in [-0.3, -0.25) is 29.5 Å². The van der Waals surface area contributed by atoms with E-state index >= 15 is 0 Å². The molecule has 1 aromatic carbocycles. The van der Waals surface area contributed by atoms with Crippen molar-refractivity contribution in [1.29, 1.82) is 0 Å². The minimum Gasteiger partial charge on any atom is -0.387 e. The van der Waals surface area contributed by atoms with Crippen molar-refractivity contribution >= 4 is 50.7 Å². The summed E-state index contributed by atoms with van der Waals surface area (Å²) in [5, 5.41) is 20.9. The number of rotatable bonds is 6. The average Bonchev–Trinajstić information content (AvgIpc) is 2.88. The number of nitro benzene ring substituents is 1. The van der Waals surface area contributed by atoms with Gasteiger partial charge in [-0.05, 0) is 31.9 Å². The van der Waals surface area contributed by atoms with Gasteiger partial charge in [0.05, 0.1) is 28.3 Å². The highest BCUT2D eigenvalue weighted by Crippen LogP contribution is 2.35. The summed E-state index contributed by atoms with van der Waals surface area (Å²) in [5.41, 5.74) is 1.07. The maximum absolute atomic E-state index is 13.5. The van der Waals surface area contributed by atoms with Crippen LogP contribution in [0.3, 0.4) is 0 Å². The van der Waals surface area contributed by atoms with Crippen LogP contribution in [0.5, 0.6) is 0 Å². The van der Waals surface area contributed by atoms with Crippen LogP contribution in [0, 0.1) is 10.1 Å². The smallest absolute Gasteiger partial charge is 0.294 e. The molecule has 0 radical (unpaired) electrons. The monoisotopic (exact) mass is 573 g/mol. The number of carbonyl (C=O) groups excluding carboxylic acids is 3. The largest absolute Gasteiger partial charge is 0.387 e. The van der Waals surface area contributed by atoms with Crippen molar-refractivity contribution in [2.75, 3.05) is 43.9 Å². The minimum atomic E-state index is -0.546. The van der Waals surface area contributed by atoms with Gasteiger partial charge in [-0.25, -0.2) is 0 Å². The lowest BCUT2D eigenvalue weighted by molar-refractivity contribution is -0.384. The summed E-state index contributed by atoms with van der Waals surface area (Å²) in [6, 6.07) is 4.02. The lowest BCUT2D eigenvalue weighted by Crippen LogP contribution is -2.54. The lowest BCUT2D eigenvalue weighted by Gasteiger charge is -2.35. The van der Waals surface area contributed by atoms with Gasteiger partial charge < -0.3 is 25.8 Å². The van der Waals surface area contributed by atoms with Crippen LogP contribution in [0.4, 0.5) is 17.1 Å². The Labute approximate surface area is 222 Å². The molecule has 2 aliphatic heterocycles. The molecule has 0 saturated carbocycles. The number of hydrogen-bond donors (Lipinski definition) is 3. The third kappa shape index (κ3) is 5.98. The van der Waals surface area contributed by atoms with E-state index in [4.69, 9.17) is 0 Å². The third-order valence-corrected chi connectivity index (χ3v) is 6.82. The van der Waals surface area contributed by atoms with Gasteiger partial charge in [-0.15, -0.1) is 0 Å². The Morgan fingerprint density at radius 3 is 2.68 bits per heavy atom. The third-order valence-electron chi connectivity index (χ3n) is 6.36. The first-order chi connectivity index (χ1) is 17.7. The molecular formula is C24H28BrN7O5. The van der Waals surface area contributed by atoms with E-state index in [1.54, 1.807) is 31.1 Å². The number of aromatic nitrogens is 1. The van der Waals surface area contributed by atoms with E-state index in [0.29, 0.717) is 41.7 Å². The Hall–Kier alpha value is -3.74. The topological polar surface area (TPSA) is 150 Å². The van der Waals surface area contributed by atoms with E-state index in [0.717, 1.165) is 0 Å². The standard InChI is InChI=1S/C24H28BrN7O5/c1-14-11-31(13-21(33)28-14)24(35)19-7-16(25)8-20(32(36)37)22(19)29-17-4-3-5-30(12-17)23(34)15-6-18(26-2)10-27-9-15/h6-10,14,17,26,29H,3-5,11-13H2,1-2H3,(H,28,33)/t14?,17-/m1/s1. The Balaban J connectivity index is 1.61. The summed E-state index contributed by atoms with van der Waals surface area (Å²) in [7, 11) is 1.74. The number of pyridine rings is 1. The Bertz CT molecular complexity index is 1240. The second kappa shape index (κ2) is 11.1. The number of likely N-dealkylation sites (tertiary alicyclic amines) is 1. The van der Waals surface area contributed by atoms with Gasteiger partial charge in [0.1, 0.15) is 5.69 Å². The first kappa shape index (κ1) is 26.3. The summed E-state index contributed by atoms with van der Waals surface area (Å²) < 4.78 is 0.375. The zero-order valence-corrected chi connectivity index (χ0v) is 22.1. The second-order valence-corrected chi connectivity index (χ2v) is 10.1. The number of nitrogens with zero attached hydrogens (tertiary/aromatic N) is 4. The van der Waals surface area contributed by atoms with Gasteiger partial charge >= 0.3 is 0 Å². The van der Waals surface area contributed by atoms with Crippen LogP contribution in [-0.4, -0.2) is 82.7 Å². The number of hydrogen-bond acceptors (Lipinski definition) is 8. The van der Waals surface area contributed by atoms with Crippen molar-refractivity contribution in [1.82, 2.24) is 20.1 Å². The highest BCUT2D eigenvalue weighted by atomic mass is 79.9. The molecule has 3 amide bonds. The molecule has 2 saturated heterocycles. The van der Waals surface area contributed by atoms with Gasteiger partial charge in [-0.2, -0.15) is 0 Å². The second-order valence-electron chi connectivity index (χ2n) is 9.21. The predicted octanol–water partition coefficient (Wildman–Crippen LogP) is 2.47. The SMILES string of the molecule is CNc1cncc(C(=O)N2CCC[C@@H](Nc3c(C(=O)N4CC(=O)NC(C)C4)cc(Br)cc3[N+](=O)[O-])C2)c1. The van der Waals surface area contributed by atoms with Crippen LogP contribution in [0.15, 0.2) is 35.1 Å². The molecule has 1 aromatic heterocycles. The fourth-order valence-corrected chi connectivity index (χ4v) is 5.12. The molecule has 13 heteroatoms. The van der Waals surface area contributed by atoms with Crippen molar-refractivity contribution in [3.8, 4) is 0 Å². The van der Waals surface area contributed by atoms with Crippen molar-refractivity contribution < 1.29 is 19.3 Å². The number of nitrogens with one attached hydrogen (secondary N) is 3. The van der Waals surface area contributed by atoms with Gasteiger partial charge in [-0.1, -0.05) is 15.9 Å². The number of amides is 3. The predicted molar refractivity (Wildman–Crippen MR) is 141 cm³/mol. The van der Waals surface area contributed by atoms with Gasteiger partial charge in [0.15, 0.2) is 0 Å². The van der Waals surface area contributed by atoms with E-state index in [2.05, 4.69) is 36.9 Å². The van der Waals surface area contributed by atoms with Gasteiger partial charge in [0.2, 0.25) is 5.91 Å². The molecule has 2 atom stereocenters. The van der Waals surface area contributed by atoms with Gasteiger partial charge in [0, 0.05) is 61.7 Å². The molecule has 37 heavy (non-hydrogen) atoms. The van der Waals surface area contributed by atoms with Gasteiger partial charge in [0.25, 0.3) is 17.5 Å². The molecule has 0 bridgehead atoms. The number of piperazine rings is 1. The number of carbonyl (C=O) groups is 3. The van der Waals surface area contributed by atoms with E-state index in [1.165, 1.54) is 23.2 Å². The molecule has 0 spiro atoms. The quantitative estimate of drug-likeness (QED) is 0.352. The summed E-state index contributed by atoms with van der Waals surface area (Å²) in [5.74, 6) is -0.956. The molecule has 4 rings (SSSR count). The summed E-state index contributed by atoms with van der Waals surface area (Å²) >= 11 is 3.28. The fourth-order valence-electron chi connectivity index (χ4n) is 4.68. The lowest BCUT2D eigenvalue weighted by atomic mass is 10.0. The van der Waals surface area contributed by atoms with Crippen LogP contribution in [0.2, 0.25) is 0 Å². The summed E-state index contributed by atoms with van der Waals surface area (Å²) in [6.07, 6.45) is 4.46. The van der Waals surface area contributed by atoms with Crippen LogP contribution in [-0.2, 0) is 4.79 Å². The molecule has 3 heterocycles. The van der Waals surface area contributed by atoms with Crippen molar-refractivity contribution in [3.05, 3.63) is 56.3 Å². The van der Waals surface area contributed by atoms with E-state index in [1.807, 2.05) is 0 Å². The Morgan fingerprint density at radius 1 is 1.19 bits per heavy atom. The normalized spacial score (nSPS) is 19.7. The molecule has 2 aromatic rings. The van der Waals surface area contributed by atoms with E-state index < -0.39 is 10.8 Å². The number of nitro groups is 1. The van der Waals surface area contributed by atoms with Crippen LogP contribution in [0.25, 0.3) is 0 Å². The Morgan fingerprint density at radius 2 is 1.97 bits per heavy atom. The van der Waals surface area contributed by atoms with Crippen LogP contribution >= 0.6 is 15.9 Å². The number of piperidine rings is 1. The maximum Gasteiger partial charge on any atom is 0.294 e. The minimum absolute atomic E-state index is 0.0787. The molecule has 196 valence electrons. The van der Waals surface area contributed by atoms with Crippen molar-refractivity contribution in [2.24, 2.45) is 0 Å². The molecule has 0 aliphatic carbocycles. The molecule has 2 fully saturated rings.